The second-order valence-corrected chi connectivity index (χ2v) is 17.4. The van der Waals surface area contributed by atoms with Crippen LogP contribution >= 0.6 is 0 Å². The molecule has 0 saturated heterocycles. The van der Waals surface area contributed by atoms with Gasteiger partial charge in [-0.1, -0.05) is 116 Å². The van der Waals surface area contributed by atoms with Gasteiger partial charge in [-0.15, -0.1) is 54.1 Å². The maximum atomic E-state index is 8.36. The number of aromatic nitrogens is 2. The van der Waals surface area contributed by atoms with Crippen molar-refractivity contribution >= 4 is 35.2 Å². The van der Waals surface area contributed by atoms with Crippen molar-refractivity contribution in [2.24, 2.45) is 0 Å². The Morgan fingerprint density at radius 1 is 0.783 bits per heavy atom. The molecule has 0 saturated carbocycles. The Kier molecular flexibility index (Phi) is 8.61. The molecule has 0 atom stereocenters. The number of hydrogen-bond donors (Lipinski definition) is 0. The van der Waals surface area contributed by atoms with Crippen LogP contribution in [0.4, 0.5) is 0 Å². The average Bonchev–Trinajstić information content (AvgIpc) is 3.47. The molecule has 3 heterocycles. The molecule has 0 aliphatic heterocycles. The van der Waals surface area contributed by atoms with Gasteiger partial charge in [-0.3, -0.25) is 0 Å². The number of nitrogens with zero attached hydrogens (tertiary/aromatic N) is 2. The van der Waals surface area contributed by atoms with Crippen molar-refractivity contribution in [3.63, 3.8) is 0 Å². The van der Waals surface area contributed by atoms with Gasteiger partial charge >= 0.3 is 0 Å². The minimum Gasteiger partial charge on any atom is -0.500 e. The molecule has 0 aliphatic rings. The summed E-state index contributed by atoms with van der Waals surface area (Å²) in [6.07, 6.45) is 3.73. The molecule has 5 heteroatoms. The van der Waals surface area contributed by atoms with Crippen LogP contribution in [0.5, 0.6) is 0 Å². The summed E-state index contributed by atoms with van der Waals surface area (Å²) < 4.78 is 37.6. The van der Waals surface area contributed by atoms with Crippen LogP contribution in [0, 0.1) is 19.0 Å². The van der Waals surface area contributed by atoms with E-state index in [9.17, 15) is 0 Å². The minimum atomic E-state index is -2.14. The van der Waals surface area contributed by atoms with Gasteiger partial charge in [0.2, 0.25) is 0 Å². The van der Waals surface area contributed by atoms with E-state index in [0.717, 1.165) is 49.9 Å². The van der Waals surface area contributed by atoms with E-state index in [0.29, 0.717) is 16.8 Å². The van der Waals surface area contributed by atoms with Crippen LogP contribution in [0.2, 0.25) is 19.6 Å². The smallest absolute Gasteiger partial charge is 0.128 e. The molecular formula is C41H38IrN2OSi-2. The molecule has 233 valence electrons. The number of rotatable bonds is 5. The summed E-state index contributed by atoms with van der Waals surface area (Å²) >= 11 is 0. The number of aryl methyl sites for hydroxylation is 1. The van der Waals surface area contributed by atoms with Crippen LogP contribution in [-0.4, -0.2) is 18.0 Å². The maximum Gasteiger partial charge on any atom is 0.128 e. The largest absolute Gasteiger partial charge is 0.500 e. The molecule has 3 nitrogen and oxygen atoms in total. The summed E-state index contributed by atoms with van der Waals surface area (Å²) in [5.74, 6) is -0.743. The molecule has 0 aliphatic carbocycles. The number of para-hydroxylation sites is 1. The van der Waals surface area contributed by atoms with E-state index in [2.05, 4.69) is 53.9 Å². The van der Waals surface area contributed by atoms with Crippen molar-refractivity contribution in [1.29, 1.82) is 0 Å². The Morgan fingerprint density at radius 2 is 1.59 bits per heavy atom. The molecule has 0 bridgehead atoms. The van der Waals surface area contributed by atoms with E-state index >= 15 is 0 Å². The number of furan rings is 1. The molecule has 0 fully saturated rings. The van der Waals surface area contributed by atoms with Gasteiger partial charge in [0.15, 0.2) is 0 Å². The van der Waals surface area contributed by atoms with Crippen molar-refractivity contribution < 1.29 is 30.0 Å². The number of fused-ring (bicyclic) bond motifs is 3. The van der Waals surface area contributed by atoms with Crippen LogP contribution in [0.3, 0.4) is 0 Å². The van der Waals surface area contributed by atoms with Crippen molar-refractivity contribution in [2.45, 2.75) is 46.2 Å². The number of benzene rings is 4. The van der Waals surface area contributed by atoms with E-state index in [1.165, 1.54) is 5.19 Å². The van der Waals surface area contributed by atoms with Crippen LogP contribution in [-0.2, 0) is 20.1 Å². The van der Waals surface area contributed by atoms with Gasteiger partial charge in [0.1, 0.15) is 5.58 Å². The van der Waals surface area contributed by atoms with Crippen molar-refractivity contribution in [2.75, 3.05) is 0 Å². The van der Waals surface area contributed by atoms with Crippen LogP contribution in [0.15, 0.2) is 120 Å². The summed E-state index contributed by atoms with van der Waals surface area (Å²) in [5, 5.41) is 3.32. The Bertz CT molecular complexity index is 2220. The second-order valence-electron chi connectivity index (χ2n) is 12.3. The standard InChI is InChI=1S/C27H22NO.C14H16NSi.Ir/c1-17(2)20-14-15-28-25(16-20)24-9-5-8-23-22-7-4-6-21(26(22)29-27(23)24)19-12-10-18(3)11-13-19;1-16(2,3)13-9-10-14(15-11-13)12-7-5-4-6-8-12;/h4-8,10-17H,1-3H3;4-7,9-11H,1-3H3;/q2*-1;/i3D3,17D;;. The van der Waals surface area contributed by atoms with Crippen molar-refractivity contribution in [3.05, 3.63) is 139 Å². The molecule has 7 rings (SSSR count). The number of hydrogen-bond acceptors (Lipinski definition) is 3. The van der Waals surface area contributed by atoms with Gasteiger partial charge < -0.3 is 14.4 Å². The summed E-state index contributed by atoms with van der Waals surface area (Å²) in [6.45, 7) is 8.56. The van der Waals surface area contributed by atoms with Crippen molar-refractivity contribution in [3.8, 4) is 33.6 Å². The zero-order chi connectivity index (χ0) is 35.0. The van der Waals surface area contributed by atoms with E-state index in [4.69, 9.17) is 9.90 Å². The summed E-state index contributed by atoms with van der Waals surface area (Å²) in [7, 11) is -1.23. The number of pyridine rings is 2. The maximum absolute atomic E-state index is 8.36. The topological polar surface area (TPSA) is 38.9 Å². The Hall–Kier alpha value is -4.15. The van der Waals surface area contributed by atoms with E-state index < -0.39 is 20.8 Å². The Morgan fingerprint density at radius 3 is 2.26 bits per heavy atom. The molecule has 0 unspecified atom stereocenters. The van der Waals surface area contributed by atoms with Crippen molar-refractivity contribution in [1.82, 2.24) is 9.97 Å². The van der Waals surface area contributed by atoms with E-state index in [1.807, 2.05) is 98.9 Å². The third-order valence-corrected chi connectivity index (χ3v) is 9.89. The first-order chi connectivity index (χ1) is 23.2. The Labute approximate surface area is 292 Å². The summed E-state index contributed by atoms with van der Waals surface area (Å²) in [5.41, 5.74) is 7.88. The summed E-state index contributed by atoms with van der Waals surface area (Å²) in [4.78, 5) is 9.05. The van der Waals surface area contributed by atoms with Crippen LogP contribution in [0.1, 0.15) is 36.4 Å². The van der Waals surface area contributed by atoms with E-state index in [1.54, 1.807) is 18.3 Å². The molecule has 1 radical (unpaired) electrons. The molecule has 3 aromatic heterocycles. The molecule has 0 amide bonds. The quantitative estimate of drug-likeness (QED) is 0.129. The summed E-state index contributed by atoms with van der Waals surface area (Å²) in [6, 6.07) is 39.2. The molecule has 0 N–H and O–H groups in total. The van der Waals surface area contributed by atoms with Gasteiger partial charge in [-0.25, -0.2) is 0 Å². The molecule has 4 aromatic carbocycles. The zero-order valence-electron chi connectivity index (χ0n) is 30.6. The van der Waals surface area contributed by atoms with Crippen LogP contribution < -0.4 is 5.19 Å². The Balaban J connectivity index is 0.000000241. The second kappa shape index (κ2) is 14.1. The minimum absolute atomic E-state index is 0. The predicted octanol–water partition coefficient (Wildman–Crippen LogP) is 10.6. The third kappa shape index (κ3) is 7.13. The van der Waals surface area contributed by atoms with E-state index in [-0.39, 0.29) is 20.1 Å². The first-order valence-corrected chi connectivity index (χ1v) is 18.6. The fourth-order valence-corrected chi connectivity index (χ4v) is 6.29. The molecular weight excluding hydrogens is 757 g/mol. The fraction of sp³-hybridized carbons (Fsp3) is 0.171. The molecule has 46 heavy (non-hydrogen) atoms. The predicted molar refractivity (Wildman–Crippen MR) is 192 cm³/mol. The molecule has 7 aromatic rings. The molecule has 0 spiro atoms. The van der Waals surface area contributed by atoms with Crippen LogP contribution in [0.25, 0.3) is 55.6 Å². The van der Waals surface area contributed by atoms with Gasteiger partial charge in [-0.2, -0.15) is 0 Å². The third-order valence-electron chi connectivity index (χ3n) is 7.86. The average molecular weight is 799 g/mol. The first kappa shape index (κ1) is 28.1. The zero-order valence-corrected chi connectivity index (χ0v) is 30.0. The normalized spacial score (nSPS) is 13.1. The van der Waals surface area contributed by atoms with Gasteiger partial charge in [-0.05, 0) is 41.0 Å². The SMILES string of the molecule is C[Si](C)(C)c1ccc(-c2[c-]cccc2)nc1.[2H]C([2H])([2H])c1ccc(-c2cccc3c2oc2c(-c4cc(C([2H])(C)C)ccn4)[c-]ccc23)cc1.[Ir]. The first-order valence-electron chi connectivity index (χ1n) is 17.1. The van der Waals surface area contributed by atoms with Gasteiger partial charge in [0.25, 0.3) is 0 Å². The monoisotopic (exact) mass is 799 g/mol. The van der Waals surface area contributed by atoms with Gasteiger partial charge in [0.05, 0.1) is 13.7 Å². The fourth-order valence-electron chi connectivity index (χ4n) is 5.26. The van der Waals surface area contributed by atoms with Gasteiger partial charge in [0, 0.05) is 48.9 Å².